The van der Waals surface area contributed by atoms with Gasteiger partial charge < -0.3 is 20.4 Å². The van der Waals surface area contributed by atoms with Crippen molar-refractivity contribution in [3.63, 3.8) is 0 Å². The summed E-state index contributed by atoms with van der Waals surface area (Å²) in [5.41, 5.74) is 3.64. The van der Waals surface area contributed by atoms with E-state index >= 15 is 0 Å². The number of methoxy groups -OCH3 is 1. The highest BCUT2D eigenvalue weighted by molar-refractivity contribution is 7.80. The van der Waals surface area contributed by atoms with Crippen LogP contribution in [0.4, 0.5) is 17.3 Å². The molecule has 1 aliphatic rings. The first kappa shape index (κ1) is 18.8. The number of nitrogens with one attached hydrogen (secondary N) is 3. The standard InChI is InChI=1S/C21H23N7OS/c1-10-22-20-19(13-7-17(29-4)16(24-11(2)30)8-15(13)25-20)21(23-10)26-18-9-14(12-5-6-12)27-28(18)3/h7-9,12H,5-6H2,1-4H3,(H,24,30)(H2,22,23,25,26). The molecule has 3 aromatic heterocycles. The average Bonchev–Trinajstić information content (AvgIpc) is 3.38. The first-order valence-corrected chi connectivity index (χ1v) is 10.3. The van der Waals surface area contributed by atoms with E-state index in [1.807, 2.05) is 37.7 Å². The van der Waals surface area contributed by atoms with E-state index < -0.39 is 0 Å². The molecule has 0 saturated heterocycles. The van der Waals surface area contributed by atoms with Gasteiger partial charge in [0, 0.05) is 24.4 Å². The summed E-state index contributed by atoms with van der Waals surface area (Å²) in [6.45, 7) is 3.73. The molecule has 0 aliphatic heterocycles. The third-order valence-corrected chi connectivity index (χ3v) is 5.44. The van der Waals surface area contributed by atoms with E-state index in [9.17, 15) is 0 Å². The highest BCUT2D eigenvalue weighted by Crippen LogP contribution is 2.41. The van der Waals surface area contributed by atoms with Crippen molar-refractivity contribution in [2.45, 2.75) is 32.6 Å². The van der Waals surface area contributed by atoms with Crippen LogP contribution in [0.15, 0.2) is 18.2 Å². The van der Waals surface area contributed by atoms with Crippen LogP contribution in [-0.4, -0.2) is 36.8 Å². The van der Waals surface area contributed by atoms with E-state index in [0.717, 1.165) is 45.0 Å². The van der Waals surface area contributed by atoms with Gasteiger partial charge in [0.25, 0.3) is 0 Å². The lowest BCUT2D eigenvalue weighted by Gasteiger charge is -2.11. The quantitative estimate of drug-likeness (QED) is 0.407. The zero-order valence-corrected chi connectivity index (χ0v) is 18.1. The second-order valence-corrected chi connectivity index (χ2v) is 8.34. The number of H-pyrrole nitrogens is 1. The van der Waals surface area contributed by atoms with Crippen molar-refractivity contribution in [3.8, 4) is 5.75 Å². The fraction of sp³-hybridized carbons (Fsp3) is 0.333. The molecule has 0 spiro atoms. The Hall–Kier alpha value is -3.20. The Kier molecular flexibility index (Phi) is 4.35. The summed E-state index contributed by atoms with van der Waals surface area (Å²) >= 11 is 5.20. The molecule has 5 rings (SSSR count). The number of aromatic amines is 1. The van der Waals surface area contributed by atoms with E-state index in [1.165, 1.54) is 12.8 Å². The van der Waals surface area contributed by atoms with Crippen molar-refractivity contribution < 1.29 is 4.74 Å². The molecular formula is C21H23N7OS. The van der Waals surface area contributed by atoms with Crippen molar-refractivity contribution in [2.75, 3.05) is 17.7 Å². The van der Waals surface area contributed by atoms with Crippen LogP contribution in [0.5, 0.6) is 5.75 Å². The average molecular weight is 422 g/mol. The Labute approximate surface area is 179 Å². The highest BCUT2D eigenvalue weighted by Gasteiger charge is 2.27. The predicted molar refractivity (Wildman–Crippen MR) is 123 cm³/mol. The van der Waals surface area contributed by atoms with Crippen molar-refractivity contribution in [2.24, 2.45) is 7.05 Å². The fourth-order valence-corrected chi connectivity index (χ4v) is 3.90. The lowest BCUT2D eigenvalue weighted by molar-refractivity contribution is 0.417. The topological polar surface area (TPSA) is 92.7 Å². The maximum Gasteiger partial charge on any atom is 0.145 e. The van der Waals surface area contributed by atoms with Crippen molar-refractivity contribution in [1.82, 2.24) is 24.7 Å². The van der Waals surface area contributed by atoms with Crippen LogP contribution >= 0.6 is 12.2 Å². The number of hydrogen-bond acceptors (Lipinski definition) is 6. The number of fused-ring (bicyclic) bond motifs is 3. The maximum atomic E-state index is 5.60. The first-order valence-electron chi connectivity index (χ1n) is 9.89. The van der Waals surface area contributed by atoms with Gasteiger partial charge in [0.1, 0.15) is 28.9 Å². The van der Waals surface area contributed by atoms with Crippen LogP contribution < -0.4 is 15.4 Å². The SMILES string of the molecule is COc1cc2c(cc1NC(C)=S)[nH]c1nc(C)nc(Nc3cc(C4CC4)nn3C)c12. The molecule has 3 N–H and O–H groups in total. The molecule has 30 heavy (non-hydrogen) atoms. The summed E-state index contributed by atoms with van der Waals surface area (Å²) in [4.78, 5) is 13.4. The zero-order chi connectivity index (χ0) is 21.0. The van der Waals surface area contributed by atoms with Gasteiger partial charge >= 0.3 is 0 Å². The number of hydrogen-bond donors (Lipinski definition) is 3. The van der Waals surface area contributed by atoms with Gasteiger partial charge in [0.05, 0.1) is 34.4 Å². The molecule has 1 aromatic carbocycles. The van der Waals surface area contributed by atoms with Crippen LogP contribution in [0.2, 0.25) is 0 Å². The van der Waals surface area contributed by atoms with Gasteiger partial charge in [-0.25, -0.2) is 9.97 Å². The van der Waals surface area contributed by atoms with E-state index in [-0.39, 0.29) is 0 Å². The van der Waals surface area contributed by atoms with Gasteiger partial charge in [0.2, 0.25) is 0 Å². The Morgan fingerprint density at radius 3 is 2.77 bits per heavy atom. The second-order valence-electron chi connectivity index (χ2n) is 7.72. The third-order valence-electron chi connectivity index (χ3n) is 5.33. The van der Waals surface area contributed by atoms with Crippen LogP contribution in [0, 0.1) is 6.92 Å². The van der Waals surface area contributed by atoms with Crippen LogP contribution in [0.1, 0.15) is 37.2 Å². The maximum absolute atomic E-state index is 5.60. The van der Waals surface area contributed by atoms with Gasteiger partial charge in [-0.2, -0.15) is 5.10 Å². The van der Waals surface area contributed by atoms with Gasteiger partial charge in [-0.05, 0) is 38.8 Å². The summed E-state index contributed by atoms with van der Waals surface area (Å²) in [5.74, 6) is 3.62. The molecular weight excluding hydrogens is 398 g/mol. The van der Waals surface area contributed by atoms with Crippen molar-refractivity contribution in [1.29, 1.82) is 0 Å². The Morgan fingerprint density at radius 1 is 1.27 bits per heavy atom. The minimum atomic E-state index is 0.590. The van der Waals surface area contributed by atoms with E-state index in [1.54, 1.807) is 7.11 Å². The fourth-order valence-electron chi connectivity index (χ4n) is 3.79. The number of rotatable bonds is 5. The minimum absolute atomic E-state index is 0.590. The molecule has 154 valence electrons. The minimum Gasteiger partial charge on any atom is -0.495 e. The molecule has 1 fully saturated rings. The zero-order valence-electron chi connectivity index (χ0n) is 17.3. The summed E-state index contributed by atoms with van der Waals surface area (Å²) in [6.07, 6.45) is 2.43. The van der Waals surface area contributed by atoms with Crippen LogP contribution in [-0.2, 0) is 7.05 Å². The largest absolute Gasteiger partial charge is 0.495 e. The number of thiocarbonyl (C=S) groups is 1. The van der Waals surface area contributed by atoms with E-state index in [2.05, 4.69) is 31.8 Å². The van der Waals surface area contributed by atoms with E-state index in [4.69, 9.17) is 21.9 Å². The van der Waals surface area contributed by atoms with Crippen molar-refractivity contribution >= 4 is 56.5 Å². The molecule has 0 unspecified atom stereocenters. The molecule has 0 radical (unpaired) electrons. The van der Waals surface area contributed by atoms with Gasteiger partial charge in [-0.1, -0.05) is 12.2 Å². The molecule has 3 heterocycles. The second kappa shape index (κ2) is 6.94. The summed E-state index contributed by atoms with van der Waals surface area (Å²) in [6, 6.07) is 6.08. The molecule has 1 aliphatic carbocycles. The molecule has 0 bridgehead atoms. The molecule has 4 aromatic rings. The molecule has 8 nitrogen and oxygen atoms in total. The number of benzene rings is 1. The summed E-state index contributed by atoms with van der Waals surface area (Å²) < 4.78 is 7.47. The third kappa shape index (κ3) is 3.24. The lowest BCUT2D eigenvalue weighted by atomic mass is 10.1. The molecule has 9 heteroatoms. The first-order chi connectivity index (χ1) is 14.4. The predicted octanol–water partition coefficient (Wildman–Crippen LogP) is 4.54. The van der Waals surface area contributed by atoms with Gasteiger partial charge in [-0.15, -0.1) is 0 Å². The van der Waals surface area contributed by atoms with Crippen molar-refractivity contribution in [3.05, 3.63) is 29.7 Å². The van der Waals surface area contributed by atoms with E-state index in [0.29, 0.717) is 22.5 Å². The van der Waals surface area contributed by atoms with Gasteiger partial charge in [0.15, 0.2) is 0 Å². The lowest BCUT2D eigenvalue weighted by Crippen LogP contribution is -2.05. The van der Waals surface area contributed by atoms with Crippen LogP contribution in [0.25, 0.3) is 21.9 Å². The smallest absolute Gasteiger partial charge is 0.145 e. The number of anilines is 3. The molecule has 0 amide bonds. The Bertz CT molecular complexity index is 1300. The van der Waals surface area contributed by atoms with Crippen LogP contribution in [0.3, 0.4) is 0 Å². The summed E-state index contributed by atoms with van der Waals surface area (Å²) in [7, 11) is 3.60. The normalized spacial score (nSPS) is 13.7. The number of aromatic nitrogens is 5. The number of ether oxygens (including phenoxy) is 1. The number of nitrogens with zero attached hydrogens (tertiary/aromatic N) is 4. The Balaban J connectivity index is 1.66. The monoisotopic (exact) mass is 421 g/mol. The summed E-state index contributed by atoms with van der Waals surface area (Å²) in [5, 5.41) is 13.2. The number of aryl methyl sites for hydroxylation is 2. The molecule has 1 saturated carbocycles. The Morgan fingerprint density at radius 2 is 2.07 bits per heavy atom. The van der Waals surface area contributed by atoms with Gasteiger partial charge in [-0.3, -0.25) is 4.68 Å². The molecule has 0 atom stereocenters. The highest BCUT2D eigenvalue weighted by atomic mass is 32.1.